The molecule has 0 aliphatic carbocycles. The summed E-state index contributed by atoms with van der Waals surface area (Å²) in [5.74, 6) is 0.524. The highest BCUT2D eigenvalue weighted by molar-refractivity contribution is 5.79. The minimum Gasteiger partial charge on any atom is -0.371 e. The van der Waals surface area contributed by atoms with Gasteiger partial charge in [0.2, 0.25) is 17.7 Å². The van der Waals surface area contributed by atoms with Crippen LogP contribution in [0.4, 0.5) is 0 Å². The topological polar surface area (TPSA) is 82.2 Å². The highest BCUT2D eigenvalue weighted by Crippen LogP contribution is 2.32. The summed E-state index contributed by atoms with van der Waals surface area (Å²) >= 11 is 0. The lowest BCUT2D eigenvalue weighted by Gasteiger charge is -2.48. The Hall–Kier alpha value is -1.67. The molecule has 0 aromatic rings. The van der Waals surface area contributed by atoms with E-state index in [0.717, 1.165) is 51.9 Å². The molecular formula is C21H36N4O4. The Morgan fingerprint density at radius 2 is 1.72 bits per heavy atom. The van der Waals surface area contributed by atoms with Crippen molar-refractivity contribution in [3.8, 4) is 0 Å². The molecule has 3 aliphatic heterocycles. The first-order valence-electron chi connectivity index (χ1n) is 11.0. The highest BCUT2D eigenvalue weighted by Gasteiger charge is 2.42. The van der Waals surface area contributed by atoms with Gasteiger partial charge in [0, 0.05) is 52.0 Å². The van der Waals surface area contributed by atoms with Gasteiger partial charge in [-0.25, -0.2) is 0 Å². The second-order valence-electron chi connectivity index (χ2n) is 8.84. The van der Waals surface area contributed by atoms with Crippen LogP contribution in [-0.2, 0) is 19.1 Å². The molecule has 0 saturated carbocycles. The van der Waals surface area contributed by atoms with Crippen LogP contribution in [0.15, 0.2) is 0 Å². The van der Waals surface area contributed by atoms with Gasteiger partial charge in [0.15, 0.2) is 0 Å². The van der Waals surface area contributed by atoms with E-state index in [9.17, 15) is 14.4 Å². The van der Waals surface area contributed by atoms with Gasteiger partial charge in [-0.15, -0.1) is 0 Å². The number of hydrogen-bond acceptors (Lipinski definition) is 5. The van der Waals surface area contributed by atoms with Crippen molar-refractivity contribution >= 4 is 17.7 Å². The summed E-state index contributed by atoms with van der Waals surface area (Å²) in [4.78, 5) is 42.6. The number of ether oxygens (including phenoxy) is 1. The van der Waals surface area contributed by atoms with Gasteiger partial charge < -0.3 is 24.8 Å². The van der Waals surface area contributed by atoms with Crippen LogP contribution >= 0.6 is 0 Å². The van der Waals surface area contributed by atoms with E-state index in [1.165, 1.54) is 6.92 Å². The molecule has 164 valence electrons. The van der Waals surface area contributed by atoms with Gasteiger partial charge in [-0.2, -0.15) is 0 Å². The summed E-state index contributed by atoms with van der Waals surface area (Å²) in [5, 5.41) is 2.73. The van der Waals surface area contributed by atoms with Crippen molar-refractivity contribution in [2.75, 3.05) is 59.5 Å². The molecule has 3 heterocycles. The smallest absolute Gasteiger partial charge is 0.225 e. The molecule has 0 bridgehead atoms. The molecule has 3 rings (SSSR count). The fourth-order valence-corrected chi connectivity index (χ4v) is 4.67. The predicted molar refractivity (Wildman–Crippen MR) is 109 cm³/mol. The maximum absolute atomic E-state index is 12.9. The lowest BCUT2D eigenvalue weighted by Crippen LogP contribution is -2.59. The second kappa shape index (κ2) is 9.89. The zero-order valence-electron chi connectivity index (χ0n) is 18.0. The molecule has 0 aromatic carbocycles. The van der Waals surface area contributed by atoms with E-state index in [0.29, 0.717) is 45.0 Å². The average Bonchev–Trinajstić information content (AvgIpc) is 2.71. The average molecular weight is 409 g/mol. The van der Waals surface area contributed by atoms with Gasteiger partial charge in [-0.05, 0) is 52.2 Å². The Kier molecular flexibility index (Phi) is 7.51. The maximum atomic E-state index is 12.9. The standard InChI is InChI=1S/C21H36N4O4/c1-17(26)22-9-3-4-19(27)25-14-15-29-21(16-25)7-12-24(13-8-21)20(28)18-5-10-23(2)11-6-18/h18H,3-16H2,1-2H3,(H,22,26). The fraction of sp³-hybridized carbons (Fsp3) is 0.857. The summed E-state index contributed by atoms with van der Waals surface area (Å²) in [5.41, 5.74) is -0.310. The number of amides is 3. The van der Waals surface area contributed by atoms with Crippen LogP contribution in [0.25, 0.3) is 0 Å². The van der Waals surface area contributed by atoms with Crippen molar-refractivity contribution in [2.24, 2.45) is 5.92 Å². The van der Waals surface area contributed by atoms with E-state index in [1.807, 2.05) is 9.80 Å². The van der Waals surface area contributed by atoms with Gasteiger partial charge in [-0.3, -0.25) is 14.4 Å². The molecule has 3 aliphatic rings. The number of nitrogens with zero attached hydrogens (tertiary/aromatic N) is 3. The first-order chi connectivity index (χ1) is 13.9. The van der Waals surface area contributed by atoms with E-state index in [4.69, 9.17) is 4.74 Å². The number of hydrogen-bond donors (Lipinski definition) is 1. The number of likely N-dealkylation sites (tertiary alicyclic amines) is 2. The Balaban J connectivity index is 1.45. The van der Waals surface area contributed by atoms with E-state index in [-0.39, 0.29) is 23.3 Å². The molecular weight excluding hydrogens is 372 g/mol. The molecule has 0 atom stereocenters. The van der Waals surface area contributed by atoms with Gasteiger partial charge >= 0.3 is 0 Å². The van der Waals surface area contributed by atoms with Crippen LogP contribution in [-0.4, -0.2) is 97.5 Å². The van der Waals surface area contributed by atoms with Gasteiger partial charge in [0.1, 0.15) is 0 Å². The van der Waals surface area contributed by atoms with Crippen molar-refractivity contribution < 1.29 is 19.1 Å². The van der Waals surface area contributed by atoms with Crippen LogP contribution in [0.3, 0.4) is 0 Å². The van der Waals surface area contributed by atoms with E-state index in [2.05, 4.69) is 17.3 Å². The number of rotatable bonds is 5. The molecule has 1 N–H and O–H groups in total. The molecule has 0 radical (unpaired) electrons. The second-order valence-corrected chi connectivity index (χ2v) is 8.84. The summed E-state index contributed by atoms with van der Waals surface area (Å²) in [6.45, 7) is 7.24. The quantitative estimate of drug-likeness (QED) is 0.669. The number of nitrogens with one attached hydrogen (secondary N) is 1. The van der Waals surface area contributed by atoms with Crippen LogP contribution < -0.4 is 5.32 Å². The largest absolute Gasteiger partial charge is 0.371 e. The summed E-state index contributed by atoms with van der Waals surface area (Å²) < 4.78 is 6.14. The molecule has 0 aromatic heterocycles. The first-order valence-corrected chi connectivity index (χ1v) is 11.0. The van der Waals surface area contributed by atoms with E-state index in [1.54, 1.807) is 0 Å². The summed E-state index contributed by atoms with van der Waals surface area (Å²) in [7, 11) is 2.11. The van der Waals surface area contributed by atoms with Gasteiger partial charge in [0.25, 0.3) is 0 Å². The minimum absolute atomic E-state index is 0.0654. The third kappa shape index (κ3) is 5.92. The molecule has 29 heavy (non-hydrogen) atoms. The number of carbonyl (C=O) groups excluding carboxylic acids is 3. The number of morpholine rings is 1. The third-order valence-electron chi connectivity index (χ3n) is 6.60. The van der Waals surface area contributed by atoms with Crippen LogP contribution in [0.2, 0.25) is 0 Å². The van der Waals surface area contributed by atoms with Crippen molar-refractivity contribution in [3.05, 3.63) is 0 Å². The van der Waals surface area contributed by atoms with E-state index >= 15 is 0 Å². The van der Waals surface area contributed by atoms with Gasteiger partial charge in [-0.1, -0.05) is 0 Å². The molecule has 3 amide bonds. The normalized spacial score (nSPS) is 23.2. The van der Waals surface area contributed by atoms with Crippen LogP contribution in [0.1, 0.15) is 45.4 Å². The maximum Gasteiger partial charge on any atom is 0.225 e. The van der Waals surface area contributed by atoms with Crippen LogP contribution in [0, 0.1) is 5.92 Å². The molecule has 8 heteroatoms. The third-order valence-corrected chi connectivity index (χ3v) is 6.60. The molecule has 8 nitrogen and oxygen atoms in total. The monoisotopic (exact) mass is 408 g/mol. The van der Waals surface area contributed by atoms with Crippen LogP contribution in [0.5, 0.6) is 0 Å². The van der Waals surface area contributed by atoms with Crippen molar-refractivity contribution in [2.45, 2.75) is 51.0 Å². The minimum atomic E-state index is -0.310. The Morgan fingerprint density at radius 1 is 1.03 bits per heavy atom. The zero-order valence-corrected chi connectivity index (χ0v) is 18.0. The predicted octanol–water partition coefficient (Wildman–Crippen LogP) is 0.465. The van der Waals surface area contributed by atoms with Crippen molar-refractivity contribution in [1.29, 1.82) is 0 Å². The van der Waals surface area contributed by atoms with Crippen molar-refractivity contribution in [3.63, 3.8) is 0 Å². The molecule has 3 fully saturated rings. The van der Waals surface area contributed by atoms with Gasteiger partial charge in [0.05, 0.1) is 12.2 Å². The number of carbonyl (C=O) groups is 3. The van der Waals surface area contributed by atoms with Crippen molar-refractivity contribution in [1.82, 2.24) is 20.0 Å². The first kappa shape index (κ1) is 22.0. The zero-order chi connectivity index (χ0) is 20.9. The van der Waals surface area contributed by atoms with E-state index < -0.39 is 0 Å². The highest BCUT2D eigenvalue weighted by atomic mass is 16.5. The number of piperidine rings is 2. The Bertz CT molecular complexity index is 595. The lowest BCUT2D eigenvalue weighted by atomic mass is 9.87. The molecule has 1 spiro atoms. The molecule has 3 saturated heterocycles. The summed E-state index contributed by atoms with van der Waals surface area (Å²) in [6, 6.07) is 0. The Morgan fingerprint density at radius 3 is 2.38 bits per heavy atom. The SMILES string of the molecule is CC(=O)NCCCC(=O)N1CCOC2(CCN(C(=O)C3CCN(C)CC3)CC2)C1. The Labute approximate surface area is 173 Å². The summed E-state index contributed by atoms with van der Waals surface area (Å²) in [6.07, 6.45) is 4.59. The lowest BCUT2D eigenvalue weighted by molar-refractivity contribution is -0.164. The fourth-order valence-electron chi connectivity index (χ4n) is 4.67. The molecule has 0 unspecified atom stereocenters.